The lowest BCUT2D eigenvalue weighted by atomic mass is 9.96. The number of carbonyl (C=O) groups is 2. The van der Waals surface area contributed by atoms with Crippen molar-refractivity contribution in [1.29, 1.82) is 0 Å². The predicted octanol–water partition coefficient (Wildman–Crippen LogP) is 1.14. The molecule has 1 saturated heterocycles. The Bertz CT molecular complexity index is 551. The molecule has 0 radical (unpaired) electrons. The number of nitrogens with one attached hydrogen (secondary N) is 1. The fourth-order valence-electron chi connectivity index (χ4n) is 3.17. The van der Waals surface area contributed by atoms with E-state index < -0.39 is 0 Å². The molecule has 1 saturated carbocycles. The van der Waals surface area contributed by atoms with Crippen molar-refractivity contribution in [2.24, 2.45) is 0 Å². The van der Waals surface area contributed by atoms with E-state index in [0.717, 1.165) is 19.3 Å². The van der Waals surface area contributed by atoms with Gasteiger partial charge in [-0.3, -0.25) is 9.59 Å². The molecule has 7 nitrogen and oxygen atoms in total. The van der Waals surface area contributed by atoms with Gasteiger partial charge in [-0.15, -0.1) is 0 Å². The van der Waals surface area contributed by atoms with Crippen LogP contribution in [-0.2, 0) is 4.79 Å². The van der Waals surface area contributed by atoms with Crippen LogP contribution in [0.5, 0.6) is 0 Å². The molecule has 0 unspecified atom stereocenters. The molecule has 7 heteroatoms. The van der Waals surface area contributed by atoms with Gasteiger partial charge in [0, 0.05) is 38.4 Å². The quantitative estimate of drug-likeness (QED) is 0.842. The van der Waals surface area contributed by atoms with E-state index >= 15 is 0 Å². The highest BCUT2D eigenvalue weighted by atomic mass is 16.2. The Kier molecular flexibility index (Phi) is 5.05. The average Bonchev–Trinajstić information content (AvgIpc) is 2.62. The van der Waals surface area contributed by atoms with Gasteiger partial charge in [0.15, 0.2) is 0 Å². The third-order valence-corrected chi connectivity index (χ3v) is 4.56. The zero-order valence-corrected chi connectivity index (χ0v) is 13.3. The van der Waals surface area contributed by atoms with Crippen molar-refractivity contribution in [3.05, 3.63) is 18.0 Å². The van der Waals surface area contributed by atoms with Gasteiger partial charge >= 0.3 is 0 Å². The van der Waals surface area contributed by atoms with Gasteiger partial charge in [-0.2, -0.15) is 0 Å². The van der Waals surface area contributed by atoms with E-state index in [1.807, 2.05) is 0 Å². The summed E-state index contributed by atoms with van der Waals surface area (Å²) in [5.41, 5.74) is 0.415. The number of nitrogens with zero attached hydrogens (tertiary/aromatic N) is 4. The van der Waals surface area contributed by atoms with Crippen LogP contribution in [0.4, 0.5) is 5.95 Å². The smallest absolute Gasteiger partial charge is 0.272 e. The molecule has 1 N–H and O–H groups in total. The Morgan fingerprint density at radius 2 is 1.91 bits per heavy atom. The molecule has 1 aromatic heterocycles. The van der Waals surface area contributed by atoms with Gasteiger partial charge in [-0.1, -0.05) is 19.3 Å². The number of carbonyl (C=O) groups excluding carboxylic acids is 2. The summed E-state index contributed by atoms with van der Waals surface area (Å²) in [7, 11) is 0. The Morgan fingerprint density at radius 1 is 1.17 bits per heavy atom. The maximum Gasteiger partial charge on any atom is 0.272 e. The third kappa shape index (κ3) is 3.97. The third-order valence-electron chi connectivity index (χ3n) is 4.56. The normalized spacial score (nSPS) is 19.5. The first-order chi connectivity index (χ1) is 11.3. The fraction of sp³-hybridized carbons (Fsp3) is 0.625. The Hall–Kier alpha value is -2.18. The van der Waals surface area contributed by atoms with E-state index in [1.54, 1.807) is 22.1 Å². The first kappa shape index (κ1) is 15.7. The molecule has 1 aliphatic carbocycles. The lowest BCUT2D eigenvalue weighted by Gasteiger charge is -2.32. The summed E-state index contributed by atoms with van der Waals surface area (Å²) < 4.78 is 0. The standard InChI is InChI=1S/C16H23N5O2/c22-12-20-8-10-21(11-9-20)15(23)14-6-7-17-16(19-14)18-13-4-2-1-3-5-13/h6-7,12-13H,1-5,8-11H2,(H,17,18,19). The molecular formula is C16H23N5O2. The maximum atomic E-state index is 12.5. The number of anilines is 1. The molecule has 2 fully saturated rings. The zero-order valence-electron chi connectivity index (χ0n) is 13.3. The molecule has 0 spiro atoms. The molecule has 1 aromatic rings. The minimum Gasteiger partial charge on any atom is -0.351 e. The molecule has 0 aromatic carbocycles. The SMILES string of the molecule is O=CN1CCN(C(=O)c2ccnc(NC3CCCCC3)n2)CC1. The number of piperazine rings is 1. The predicted molar refractivity (Wildman–Crippen MR) is 86.1 cm³/mol. The van der Waals surface area contributed by atoms with Crippen molar-refractivity contribution >= 4 is 18.3 Å². The molecule has 0 atom stereocenters. The zero-order chi connectivity index (χ0) is 16.1. The summed E-state index contributed by atoms with van der Waals surface area (Å²) in [5.74, 6) is 0.443. The largest absolute Gasteiger partial charge is 0.351 e. The van der Waals surface area contributed by atoms with Gasteiger partial charge in [0.05, 0.1) is 0 Å². The molecule has 2 amide bonds. The fourth-order valence-corrected chi connectivity index (χ4v) is 3.17. The highest BCUT2D eigenvalue weighted by Crippen LogP contribution is 2.20. The summed E-state index contributed by atoms with van der Waals surface area (Å²) in [6, 6.07) is 2.06. The van der Waals surface area contributed by atoms with Gasteiger partial charge in [0.2, 0.25) is 12.4 Å². The first-order valence-electron chi connectivity index (χ1n) is 8.34. The Labute approximate surface area is 136 Å². The number of amides is 2. The number of rotatable bonds is 4. The molecule has 0 bridgehead atoms. The van der Waals surface area contributed by atoms with Gasteiger partial charge < -0.3 is 15.1 Å². The average molecular weight is 317 g/mol. The molecule has 2 heterocycles. The van der Waals surface area contributed by atoms with Crippen molar-refractivity contribution in [3.8, 4) is 0 Å². The van der Waals surface area contributed by atoms with Crippen LogP contribution in [0.25, 0.3) is 0 Å². The van der Waals surface area contributed by atoms with Gasteiger partial charge in [-0.25, -0.2) is 9.97 Å². The van der Waals surface area contributed by atoms with E-state index in [1.165, 1.54) is 19.3 Å². The summed E-state index contributed by atoms with van der Waals surface area (Å²) in [6.45, 7) is 2.25. The lowest BCUT2D eigenvalue weighted by Crippen LogP contribution is -2.48. The van der Waals surface area contributed by atoms with Gasteiger partial charge in [0.1, 0.15) is 5.69 Å². The second-order valence-electron chi connectivity index (χ2n) is 6.18. The molecule has 3 rings (SSSR count). The van der Waals surface area contributed by atoms with Crippen LogP contribution in [-0.4, -0.2) is 64.3 Å². The van der Waals surface area contributed by atoms with Crippen LogP contribution < -0.4 is 5.32 Å². The van der Waals surface area contributed by atoms with Crippen molar-refractivity contribution in [2.45, 2.75) is 38.1 Å². The minimum absolute atomic E-state index is 0.0929. The second-order valence-corrected chi connectivity index (χ2v) is 6.18. The van der Waals surface area contributed by atoms with Crippen LogP contribution in [0.1, 0.15) is 42.6 Å². The number of hydrogen-bond acceptors (Lipinski definition) is 5. The van der Waals surface area contributed by atoms with Crippen LogP contribution in [0.3, 0.4) is 0 Å². The van der Waals surface area contributed by atoms with Crippen molar-refractivity contribution in [2.75, 3.05) is 31.5 Å². The highest BCUT2D eigenvalue weighted by Gasteiger charge is 2.23. The van der Waals surface area contributed by atoms with Crippen molar-refractivity contribution in [3.63, 3.8) is 0 Å². The van der Waals surface area contributed by atoms with E-state index in [0.29, 0.717) is 43.9 Å². The maximum absolute atomic E-state index is 12.5. The van der Waals surface area contributed by atoms with Crippen LogP contribution >= 0.6 is 0 Å². The van der Waals surface area contributed by atoms with Crippen LogP contribution in [0.2, 0.25) is 0 Å². The van der Waals surface area contributed by atoms with Crippen molar-refractivity contribution in [1.82, 2.24) is 19.8 Å². The van der Waals surface area contributed by atoms with Crippen LogP contribution in [0, 0.1) is 0 Å². The van der Waals surface area contributed by atoms with E-state index in [4.69, 9.17) is 0 Å². The van der Waals surface area contributed by atoms with Gasteiger partial charge in [-0.05, 0) is 18.9 Å². The van der Waals surface area contributed by atoms with E-state index in [2.05, 4.69) is 15.3 Å². The Morgan fingerprint density at radius 3 is 2.61 bits per heavy atom. The number of aromatic nitrogens is 2. The number of hydrogen-bond donors (Lipinski definition) is 1. The second kappa shape index (κ2) is 7.39. The van der Waals surface area contributed by atoms with E-state index in [9.17, 15) is 9.59 Å². The summed E-state index contributed by atoms with van der Waals surface area (Å²) in [4.78, 5) is 35.3. The Balaban J connectivity index is 1.62. The summed E-state index contributed by atoms with van der Waals surface area (Å²) >= 11 is 0. The molecule has 2 aliphatic rings. The monoisotopic (exact) mass is 317 g/mol. The molecular weight excluding hydrogens is 294 g/mol. The topological polar surface area (TPSA) is 78.4 Å². The molecule has 23 heavy (non-hydrogen) atoms. The van der Waals surface area contributed by atoms with Gasteiger partial charge in [0.25, 0.3) is 5.91 Å². The first-order valence-corrected chi connectivity index (χ1v) is 8.34. The lowest BCUT2D eigenvalue weighted by molar-refractivity contribution is -0.119. The highest BCUT2D eigenvalue weighted by molar-refractivity contribution is 5.92. The summed E-state index contributed by atoms with van der Waals surface area (Å²) in [6.07, 6.45) is 8.50. The minimum atomic E-state index is -0.0929. The molecule has 1 aliphatic heterocycles. The summed E-state index contributed by atoms with van der Waals surface area (Å²) in [5, 5.41) is 3.35. The van der Waals surface area contributed by atoms with Crippen LogP contribution in [0.15, 0.2) is 12.3 Å². The van der Waals surface area contributed by atoms with Crippen molar-refractivity contribution < 1.29 is 9.59 Å². The van der Waals surface area contributed by atoms with E-state index in [-0.39, 0.29) is 5.91 Å². The molecule has 124 valence electrons.